The molecule has 1 aromatic rings. The molecule has 1 atom stereocenters. The maximum absolute atomic E-state index is 2.85. The van der Waals surface area contributed by atoms with Crippen LogP contribution in [0.1, 0.15) is 68.6 Å². The summed E-state index contributed by atoms with van der Waals surface area (Å²) in [6, 6.07) is 8.08. The van der Waals surface area contributed by atoms with E-state index in [-0.39, 0.29) is 0 Å². The smallest absolute Gasteiger partial charge is 0.0102 e. The Hall–Kier alpha value is -0.860. The summed E-state index contributed by atoms with van der Waals surface area (Å²) < 4.78 is 0. The van der Waals surface area contributed by atoms with Crippen LogP contribution < -0.4 is 0 Å². The van der Waals surface area contributed by atoms with Crippen molar-refractivity contribution in [3.8, 4) is 0 Å². The van der Waals surface area contributed by atoms with Gasteiger partial charge in [0.15, 0.2) is 0 Å². The molecule has 1 aromatic carbocycles. The standard InChI is InChI=1S/C24H38N2/c1-2-20-6-7-22-8-10-24(11-9-23(22)18-20)26-16-12-21(13-17-26)19-25-14-4-3-5-15-25/h6-7,18,21,24H,2-5,8-17,19H2,1H3. The van der Waals surface area contributed by atoms with Crippen LogP contribution in [0.25, 0.3) is 0 Å². The van der Waals surface area contributed by atoms with Crippen LogP contribution in [0.5, 0.6) is 0 Å². The molecule has 0 aromatic heterocycles. The molecule has 0 N–H and O–H groups in total. The maximum Gasteiger partial charge on any atom is 0.0102 e. The molecule has 2 aliphatic heterocycles. The molecule has 0 amide bonds. The Kier molecular flexibility index (Phi) is 6.32. The minimum Gasteiger partial charge on any atom is -0.303 e. The summed E-state index contributed by atoms with van der Waals surface area (Å²) in [4.78, 5) is 5.59. The number of hydrogen-bond acceptors (Lipinski definition) is 2. The summed E-state index contributed by atoms with van der Waals surface area (Å²) >= 11 is 0. The summed E-state index contributed by atoms with van der Waals surface area (Å²) in [6.45, 7) is 9.07. The van der Waals surface area contributed by atoms with E-state index in [2.05, 4.69) is 34.9 Å². The van der Waals surface area contributed by atoms with Crippen LogP contribution in [0.2, 0.25) is 0 Å². The molecule has 26 heavy (non-hydrogen) atoms. The zero-order chi connectivity index (χ0) is 17.8. The lowest BCUT2D eigenvalue weighted by Crippen LogP contribution is -2.44. The zero-order valence-electron chi connectivity index (χ0n) is 16.9. The average Bonchev–Trinajstić information content (AvgIpc) is 2.91. The van der Waals surface area contributed by atoms with Gasteiger partial charge in [-0.15, -0.1) is 0 Å². The molecule has 2 heteroatoms. The van der Waals surface area contributed by atoms with Crippen molar-refractivity contribution in [1.29, 1.82) is 0 Å². The highest BCUT2D eigenvalue weighted by Crippen LogP contribution is 2.28. The van der Waals surface area contributed by atoms with E-state index in [0.717, 1.165) is 12.0 Å². The molecule has 0 saturated carbocycles. The van der Waals surface area contributed by atoms with Crippen molar-refractivity contribution in [3.05, 3.63) is 34.9 Å². The minimum atomic E-state index is 0.823. The summed E-state index contributed by atoms with van der Waals surface area (Å²) in [5.74, 6) is 0.958. The fraction of sp³-hybridized carbons (Fsp3) is 0.750. The molecule has 3 aliphatic rings. The van der Waals surface area contributed by atoms with Crippen molar-refractivity contribution >= 4 is 0 Å². The van der Waals surface area contributed by atoms with Crippen LogP contribution in [0.15, 0.2) is 18.2 Å². The van der Waals surface area contributed by atoms with Crippen LogP contribution in [0, 0.1) is 5.92 Å². The first-order valence-corrected chi connectivity index (χ1v) is 11.4. The number of rotatable bonds is 4. The van der Waals surface area contributed by atoms with Crippen LogP contribution in [-0.4, -0.2) is 48.6 Å². The van der Waals surface area contributed by atoms with Gasteiger partial charge in [-0.3, -0.25) is 0 Å². The van der Waals surface area contributed by atoms with Crippen molar-refractivity contribution in [2.24, 2.45) is 5.92 Å². The summed E-state index contributed by atoms with van der Waals surface area (Å²) in [5, 5.41) is 0. The third-order valence-corrected chi connectivity index (χ3v) is 7.30. The van der Waals surface area contributed by atoms with Gasteiger partial charge in [0.05, 0.1) is 0 Å². The van der Waals surface area contributed by atoms with Crippen LogP contribution in [-0.2, 0) is 19.3 Å². The molecule has 4 rings (SSSR count). The number of aryl methyl sites for hydroxylation is 3. The molecule has 1 aliphatic carbocycles. The van der Waals surface area contributed by atoms with Gasteiger partial charge < -0.3 is 9.80 Å². The monoisotopic (exact) mass is 354 g/mol. The fourth-order valence-electron chi connectivity index (χ4n) is 5.54. The Morgan fingerprint density at radius 1 is 0.846 bits per heavy atom. The maximum atomic E-state index is 2.85. The lowest BCUT2D eigenvalue weighted by molar-refractivity contribution is 0.0969. The molecule has 2 saturated heterocycles. The Labute approximate surface area is 161 Å². The van der Waals surface area contributed by atoms with E-state index in [4.69, 9.17) is 0 Å². The molecule has 0 radical (unpaired) electrons. The SMILES string of the molecule is CCc1ccc2c(c1)CCC(N1CCC(CN3CCCCC3)CC1)CC2. The van der Waals surface area contributed by atoms with Gasteiger partial charge in [-0.1, -0.05) is 31.5 Å². The first-order chi connectivity index (χ1) is 12.8. The first-order valence-electron chi connectivity index (χ1n) is 11.4. The van der Waals surface area contributed by atoms with E-state index < -0.39 is 0 Å². The number of nitrogens with zero attached hydrogens (tertiary/aromatic N) is 2. The lowest BCUT2D eigenvalue weighted by Gasteiger charge is -2.39. The second-order valence-electron chi connectivity index (χ2n) is 9.03. The van der Waals surface area contributed by atoms with Gasteiger partial charge in [-0.25, -0.2) is 0 Å². The Balaban J connectivity index is 1.27. The van der Waals surface area contributed by atoms with Crippen molar-refractivity contribution in [2.75, 3.05) is 32.7 Å². The number of hydrogen-bond donors (Lipinski definition) is 0. The quantitative estimate of drug-likeness (QED) is 0.724. The van der Waals surface area contributed by atoms with Crippen LogP contribution >= 0.6 is 0 Å². The summed E-state index contributed by atoms with van der Waals surface area (Å²) in [7, 11) is 0. The number of likely N-dealkylation sites (tertiary alicyclic amines) is 2. The van der Waals surface area contributed by atoms with Gasteiger partial charge in [0.1, 0.15) is 0 Å². The van der Waals surface area contributed by atoms with Gasteiger partial charge in [0.2, 0.25) is 0 Å². The van der Waals surface area contributed by atoms with Gasteiger partial charge in [0, 0.05) is 12.6 Å². The Morgan fingerprint density at radius 2 is 1.58 bits per heavy atom. The number of piperidine rings is 2. The Morgan fingerprint density at radius 3 is 2.31 bits per heavy atom. The molecular weight excluding hydrogens is 316 g/mol. The van der Waals surface area contributed by atoms with E-state index >= 15 is 0 Å². The van der Waals surface area contributed by atoms with E-state index in [0.29, 0.717) is 0 Å². The summed E-state index contributed by atoms with van der Waals surface area (Å²) in [5.41, 5.74) is 4.79. The predicted octanol–water partition coefficient (Wildman–Crippen LogP) is 4.69. The molecule has 2 fully saturated rings. The highest BCUT2D eigenvalue weighted by atomic mass is 15.2. The minimum absolute atomic E-state index is 0.823. The van der Waals surface area contributed by atoms with Crippen LogP contribution in [0.4, 0.5) is 0 Å². The van der Waals surface area contributed by atoms with Gasteiger partial charge in [0.25, 0.3) is 0 Å². The van der Waals surface area contributed by atoms with E-state index in [9.17, 15) is 0 Å². The third kappa shape index (κ3) is 4.51. The predicted molar refractivity (Wildman–Crippen MR) is 111 cm³/mol. The van der Waals surface area contributed by atoms with E-state index in [1.807, 2.05) is 0 Å². The van der Waals surface area contributed by atoms with Crippen molar-refractivity contribution in [2.45, 2.75) is 77.2 Å². The van der Waals surface area contributed by atoms with Crippen LogP contribution in [0.3, 0.4) is 0 Å². The molecule has 2 heterocycles. The summed E-state index contributed by atoms with van der Waals surface area (Å²) in [6.07, 6.45) is 13.7. The fourth-order valence-corrected chi connectivity index (χ4v) is 5.54. The molecule has 2 nitrogen and oxygen atoms in total. The van der Waals surface area contributed by atoms with Crippen molar-refractivity contribution in [1.82, 2.24) is 9.80 Å². The number of benzene rings is 1. The first kappa shape index (κ1) is 18.5. The molecule has 0 bridgehead atoms. The molecule has 1 unspecified atom stereocenters. The largest absolute Gasteiger partial charge is 0.303 e. The average molecular weight is 355 g/mol. The topological polar surface area (TPSA) is 6.48 Å². The molecular formula is C24H38N2. The normalized spacial score (nSPS) is 26.4. The van der Waals surface area contributed by atoms with Crippen molar-refractivity contribution < 1.29 is 0 Å². The second-order valence-corrected chi connectivity index (χ2v) is 9.03. The van der Waals surface area contributed by atoms with Gasteiger partial charge >= 0.3 is 0 Å². The van der Waals surface area contributed by atoms with Crippen molar-refractivity contribution in [3.63, 3.8) is 0 Å². The number of fused-ring (bicyclic) bond motifs is 1. The highest BCUT2D eigenvalue weighted by Gasteiger charge is 2.27. The van der Waals surface area contributed by atoms with E-state index in [1.54, 1.807) is 11.1 Å². The highest BCUT2D eigenvalue weighted by molar-refractivity contribution is 5.33. The zero-order valence-corrected chi connectivity index (χ0v) is 16.9. The van der Waals surface area contributed by atoms with E-state index in [1.165, 1.54) is 102 Å². The molecule has 0 spiro atoms. The van der Waals surface area contributed by atoms with Gasteiger partial charge in [-0.2, -0.15) is 0 Å². The Bertz CT molecular complexity index is 568. The van der Waals surface area contributed by atoms with Gasteiger partial charge in [-0.05, 0) is 107 Å². The second kappa shape index (κ2) is 8.89. The third-order valence-electron chi connectivity index (χ3n) is 7.30. The molecule has 144 valence electrons. The lowest BCUT2D eigenvalue weighted by atomic mass is 9.93.